The Kier molecular flexibility index (Phi) is 7.79. The van der Waals surface area contributed by atoms with E-state index in [-0.39, 0.29) is 0 Å². The van der Waals surface area contributed by atoms with E-state index < -0.39 is 0 Å². The van der Waals surface area contributed by atoms with Crippen molar-refractivity contribution in [2.75, 3.05) is 37.7 Å². The largest absolute Gasteiger partial charge is 0.490 e. The van der Waals surface area contributed by atoms with Crippen LogP contribution >= 0.6 is 0 Å². The van der Waals surface area contributed by atoms with Gasteiger partial charge in [-0.05, 0) is 55.5 Å². The number of anilines is 1. The standard InChI is InChI=1S/C28H39N3O2/c1-2-6-22(7-3-1)20-32-15-12-24-9-4-8-23-11-14-31(19-28(23)24)26-16-27(18-29-17-26)33-21-25-10-5-13-30-25/h1-3,6-7,16-18,23-25,28,30H,4-5,8-15,19-21H2/t23?,24?,25-,28?/m0/s1. The minimum Gasteiger partial charge on any atom is -0.490 e. The van der Waals surface area contributed by atoms with Crippen molar-refractivity contribution >= 4 is 5.69 Å². The molecule has 3 heterocycles. The molecule has 5 nitrogen and oxygen atoms in total. The van der Waals surface area contributed by atoms with Crippen LogP contribution in [-0.4, -0.2) is 43.9 Å². The maximum Gasteiger partial charge on any atom is 0.139 e. The predicted molar refractivity (Wildman–Crippen MR) is 133 cm³/mol. The Labute approximate surface area is 198 Å². The summed E-state index contributed by atoms with van der Waals surface area (Å²) in [5.41, 5.74) is 2.48. The highest BCUT2D eigenvalue weighted by Gasteiger charge is 2.37. The van der Waals surface area contributed by atoms with Gasteiger partial charge in [-0.25, -0.2) is 0 Å². The predicted octanol–water partition coefficient (Wildman–Crippen LogP) is 5.06. The number of rotatable bonds is 9. The number of pyridine rings is 1. The van der Waals surface area contributed by atoms with Gasteiger partial charge >= 0.3 is 0 Å². The number of benzene rings is 1. The van der Waals surface area contributed by atoms with E-state index in [1.807, 2.05) is 12.4 Å². The minimum atomic E-state index is 0.483. The summed E-state index contributed by atoms with van der Waals surface area (Å²) in [5, 5.41) is 3.50. The van der Waals surface area contributed by atoms with Crippen LogP contribution in [0.15, 0.2) is 48.8 Å². The molecule has 0 radical (unpaired) electrons. The van der Waals surface area contributed by atoms with Gasteiger partial charge in [0.1, 0.15) is 12.4 Å². The van der Waals surface area contributed by atoms with E-state index in [0.29, 0.717) is 6.04 Å². The molecule has 3 fully saturated rings. The van der Waals surface area contributed by atoms with Crippen LogP contribution in [0.25, 0.3) is 0 Å². The number of fused-ring (bicyclic) bond motifs is 1. The molecule has 4 atom stereocenters. The fourth-order valence-corrected chi connectivity index (χ4v) is 6.13. The first-order valence-electron chi connectivity index (χ1n) is 13.0. The SMILES string of the molecule is c1ccc(COCCC2CCCC3CCN(c4cncc(OC[C@@H]5CCCN5)c4)CC23)cc1. The van der Waals surface area contributed by atoms with Crippen molar-refractivity contribution in [1.29, 1.82) is 0 Å². The third-order valence-electron chi connectivity index (χ3n) is 7.98. The summed E-state index contributed by atoms with van der Waals surface area (Å²) in [6.07, 6.45) is 12.9. The first-order chi connectivity index (χ1) is 16.3. The van der Waals surface area contributed by atoms with Crippen molar-refractivity contribution in [3.8, 4) is 5.75 Å². The molecule has 33 heavy (non-hydrogen) atoms. The second kappa shape index (κ2) is 11.3. The quantitative estimate of drug-likeness (QED) is 0.542. The Bertz CT molecular complexity index is 855. The van der Waals surface area contributed by atoms with Gasteiger partial charge in [-0.1, -0.05) is 49.6 Å². The summed E-state index contributed by atoms with van der Waals surface area (Å²) in [7, 11) is 0. The topological polar surface area (TPSA) is 46.6 Å². The molecule has 5 heteroatoms. The van der Waals surface area contributed by atoms with Crippen LogP contribution in [0.1, 0.15) is 50.5 Å². The van der Waals surface area contributed by atoms with Crippen molar-refractivity contribution < 1.29 is 9.47 Å². The molecule has 1 N–H and O–H groups in total. The summed E-state index contributed by atoms with van der Waals surface area (Å²) >= 11 is 0. The number of nitrogens with zero attached hydrogens (tertiary/aromatic N) is 2. The first kappa shape index (κ1) is 22.7. The fourth-order valence-electron chi connectivity index (χ4n) is 6.13. The van der Waals surface area contributed by atoms with E-state index in [1.54, 1.807) is 0 Å². The molecule has 0 bridgehead atoms. The van der Waals surface area contributed by atoms with Gasteiger partial charge in [0.05, 0.1) is 24.7 Å². The normalized spacial score (nSPS) is 27.3. The molecule has 178 valence electrons. The summed E-state index contributed by atoms with van der Waals surface area (Å²) in [6.45, 7) is 5.71. The molecular formula is C28H39N3O2. The average molecular weight is 450 g/mol. The molecule has 0 amide bonds. The number of hydrogen-bond acceptors (Lipinski definition) is 5. The van der Waals surface area contributed by atoms with E-state index in [1.165, 1.54) is 56.2 Å². The lowest BCUT2D eigenvalue weighted by Gasteiger charge is -2.46. The van der Waals surface area contributed by atoms with Crippen LogP contribution in [0.3, 0.4) is 0 Å². The van der Waals surface area contributed by atoms with Crippen LogP contribution in [0.4, 0.5) is 5.69 Å². The zero-order chi connectivity index (χ0) is 22.3. The Balaban J connectivity index is 1.14. The maximum atomic E-state index is 6.08. The smallest absolute Gasteiger partial charge is 0.139 e. The molecule has 3 unspecified atom stereocenters. The van der Waals surface area contributed by atoms with E-state index in [0.717, 1.165) is 63.0 Å². The Morgan fingerprint density at radius 2 is 1.97 bits per heavy atom. The lowest BCUT2D eigenvalue weighted by atomic mass is 9.68. The molecule has 3 aliphatic rings. The van der Waals surface area contributed by atoms with E-state index in [2.05, 4.69) is 51.6 Å². The average Bonchev–Trinajstić information content (AvgIpc) is 3.40. The van der Waals surface area contributed by atoms with Crippen LogP contribution in [-0.2, 0) is 11.3 Å². The Morgan fingerprint density at radius 3 is 2.85 bits per heavy atom. The van der Waals surface area contributed by atoms with Crippen molar-refractivity contribution in [2.24, 2.45) is 17.8 Å². The third kappa shape index (κ3) is 6.07. The number of piperidine rings is 1. The van der Waals surface area contributed by atoms with Crippen molar-refractivity contribution in [3.05, 3.63) is 54.4 Å². The monoisotopic (exact) mass is 449 g/mol. The number of ether oxygens (including phenoxy) is 2. The van der Waals surface area contributed by atoms with Crippen LogP contribution in [0, 0.1) is 17.8 Å². The number of aromatic nitrogens is 1. The van der Waals surface area contributed by atoms with Gasteiger partial charge in [0.2, 0.25) is 0 Å². The molecule has 1 saturated carbocycles. The number of nitrogens with one attached hydrogen (secondary N) is 1. The molecule has 5 rings (SSSR count). The fraction of sp³-hybridized carbons (Fsp3) is 0.607. The molecular weight excluding hydrogens is 410 g/mol. The minimum absolute atomic E-state index is 0.483. The summed E-state index contributed by atoms with van der Waals surface area (Å²) in [6, 6.07) is 13.2. The molecule has 2 saturated heterocycles. The molecule has 1 aromatic heterocycles. The van der Waals surface area contributed by atoms with Crippen molar-refractivity contribution in [2.45, 2.75) is 57.6 Å². The van der Waals surface area contributed by atoms with Crippen LogP contribution in [0.5, 0.6) is 5.75 Å². The Hall–Kier alpha value is -2.11. The van der Waals surface area contributed by atoms with Crippen LogP contribution < -0.4 is 15.0 Å². The second-order valence-corrected chi connectivity index (χ2v) is 10.2. The third-order valence-corrected chi connectivity index (χ3v) is 7.98. The highest BCUT2D eigenvalue weighted by Crippen LogP contribution is 2.42. The molecule has 2 aliphatic heterocycles. The van der Waals surface area contributed by atoms with Gasteiger partial charge in [-0.2, -0.15) is 0 Å². The van der Waals surface area contributed by atoms with Gasteiger partial charge in [-0.3, -0.25) is 4.98 Å². The number of hydrogen-bond donors (Lipinski definition) is 1. The van der Waals surface area contributed by atoms with E-state index >= 15 is 0 Å². The summed E-state index contributed by atoms with van der Waals surface area (Å²) < 4.78 is 12.1. The van der Waals surface area contributed by atoms with Gasteiger partial charge in [0.25, 0.3) is 0 Å². The summed E-state index contributed by atoms with van der Waals surface area (Å²) in [5.74, 6) is 3.30. The van der Waals surface area contributed by atoms with Gasteiger partial charge in [0, 0.05) is 31.8 Å². The second-order valence-electron chi connectivity index (χ2n) is 10.2. The van der Waals surface area contributed by atoms with Crippen LogP contribution in [0.2, 0.25) is 0 Å². The highest BCUT2D eigenvalue weighted by atomic mass is 16.5. The van der Waals surface area contributed by atoms with Gasteiger partial charge in [0.15, 0.2) is 0 Å². The highest BCUT2D eigenvalue weighted by molar-refractivity contribution is 5.48. The Morgan fingerprint density at radius 1 is 1.03 bits per heavy atom. The van der Waals surface area contributed by atoms with E-state index in [4.69, 9.17) is 9.47 Å². The van der Waals surface area contributed by atoms with Crippen molar-refractivity contribution in [1.82, 2.24) is 10.3 Å². The zero-order valence-corrected chi connectivity index (χ0v) is 19.8. The van der Waals surface area contributed by atoms with E-state index in [9.17, 15) is 0 Å². The molecule has 2 aromatic rings. The zero-order valence-electron chi connectivity index (χ0n) is 19.8. The maximum absolute atomic E-state index is 6.08. The van der Waals surface area contributed by atoms with Crippen molar-refractivity contribution in [3.63, 3.8) is 0 Å². The molecule has 0 spiro atoms. The molecule has 1 aliphatic carbocycles. The summed E-state index contributed by atoms with van der Waals surface area (Å²) in [4.78, 5) is 7.06. The van der Waals surface area contributed by atoms with Gasteiger partial charge in [-0.15, -0.1) is 0 Å². The lowest BCUT2D eigenvalue weighted by molar-refractivity contribution is 0.0656. The lowest BCUT2D eigenvalue weighted by Crippen LogP contribution is -2.45. The first-order valence-corrected chi connectivity index (χ1v) is 13.0. The van der Waals surface area contributed by atoms with Gasteiger partial charge < -0.3 is 19.7 Å². The molecule has 1 aromatic carbocycles.